The smallest absolute Gasteiger partial charge is 0.124 e. The Morgan fingerprint density at radius 3 is 2.29 bits per heavy atom. The van der Waals surface area contributed by atoms with Crippen LogP contribution < -0.4 is 5.32 Å². The topological polar surface area (TPSA) is 15.3 Å². The average molecular weight is 359 g/mol. The second kappa shape index (κ2) is 8.25. The van der Waals surface area contributed by atoms with Crippen molar-refractivity contribution in [1.29, 1.82) is 0 Å². The van der Waals surface area contributed by atoms with E-state index in [4.69, 9.17) is 0 Å². The maximum Gasteiger partial charge on any atom is 0.124 e. The van der Waals surface area contributed by atoms with Gasteiger partial charge in [-0.2, -0.15) is 0 Å². The summed E-state index contributed by atoms with van der Waals surface area (Å²) in [5, 5.41) is 3.58. The van der Waals surface area contributed by atoms with Crippen molar-refractivity contribution in [3.05, 3.63) is 34.1 Å². The summed E-state index contributed by atoms with van der Waals surface area (Å²) in [5.41, 5.74) is 1.03. The molecule has 1 atom stereocenters. The number of rotatable bonds is 8. The van der Waals surface area contributed by atoms with Gasteiger partial charge in [0.05, 0.1) is 0 Å². The van der Waals surface area contributed by atoms with Gasteiger partial charge in [0, 0.05) is 16.1 Å². The van der Waals surface area contributed by atoms with Gasteiger partial charge in [-0.05, 0) is 63.7 Å². The molecule has 1 unspecified atom stereocenters. The summed E-state index contributed by atoms with van der Waals surface area (Å²) < 4.78 is 14.4. The van der Waals surface area contributed by atoms with Crippen LogP contribution in [0.2, 0.25) is 0 Å². The van der Waals surface area contributed by atoms with E-state index in [-0.39, 0.29) is 17.4 Å². The number of hydrogen-bond donors (Lipinski definition) is 1. The number of likely N-dealkylation sites (N-methyl/N-ethyl adjacent to an activating group) is 2. The molecule has 1 rings (SSSR count). The zero-order chi connectivity index (χ0) is 16.0. The normalized spacial score (nSPS) is 13.7. The Bertz CT molecular complexity index is 424. The van der Waals surface area contributed by atoms with Crippen molar-refractivity contribution in [2.75, 3.05) is 19.6 Å². The van der Waals surface area contributed by atoms with Crippen LogP contribution in [-0.4, -0.2) is 36.1 Å². The van der Waals surface area contributed by atoms with E-state index in [0.717, 1.165) is 36.1 Å². The molecule has 0 radical (unpaired) electrons. The zero-order valence-electron chi connectivity index (χ0n) is 13.8. The van der Waals surface area contributed by atoms with Crippen LogP contribution in [-0.2, 0) is 6.42 Å². The summed E-state index contributed by atoms with van der Waals surface area (Å²) in [6.07, 6.45) is 0.813. The number of hydrogen-bond acceptors (Lipinski definition) is 2. The molecule has 1 aromatic carbocycles. The van der Waals surface area contributed by atoms with Crippen molar-refractivity contribution in [1.82, 2.24) is 10.2 Å². The molecule has 2 nitrogen and oxygen atoms in total. The second-order valence-electron chi connectivity index (χ2n) is 5.92. The van der Waals surface area contributed by atoms with Crippen LogP contribution >= 0.6 is 15.9 Å². The van der Waals surface area contributed by atoms with Crippen LogP contribution in [0.5, 0.6) is 0 Å². The second-order valence-corrected chi connectivity index (χ2v) is 6.83. The molecule has 0 aliphatic heterocycles. The van der Waals surface area contributed by atoms with Crippen LogP contribution in [0.25, 0.3) is 0 Å². The maximum absolute atomic E-state index is 13.6. The van der Waals surface area contributed by atoms with E-state index in [2.05, 4.69) is 60.8 Å². The standard InChI is InChI=1S/C17H28BrFN2/c1-6-20-16(17(4,5)21(7-2)8-3)11-13-9-14(18)12-15(19)10-13/h9-10,12,16,20H,6-8,11H2,1-5H3. The van der Waals surface area contributed by atoms with Gasteiger partial charge in [-0.25, -0.2) is 4.39 Å². The van der Waals surface area contributed by atoms with Gasteiger partial charge in [-0.3, -0.25) is 4.90 Å². The minimum absolute atomic E-state index is 0.0122. The molecule has 0 saturated carbocycles. The molecule has 120 valence electrons. The maximum atomic E-state index is 13.6. The summed E-state index contributed by atoms with van der Waals surface area (Å²) in [4.78, 5) is 2.45. The van der Waals surface area contributed by atoms with E-state index in [1.807, 2.05) is 6.07 Å². The fourth-order valence-corrected chi connectivity index (χ4v) is 3.55. The quantitative estimate of drug-likeness (QED) is 0.747. The first-order chi connectivity index (χ1) is 9.84. The van der Waals surface area contributed by atoms with E-state index in [0.29, 0.717) is 0 Å². The van der Waals surface area contributed by atoms with Crippen molar-refractivity contribution in [3.63, 3.8) is 0 Å². The third-order valence-electron chi connectivity index (χ3n) is 4.24. The summed E-state index contributed by atoms with van der Waals surface area (Å²) in [6.45, 7) is 14.0. The van der Waals surface area contributed by atoms with Gasteiger partial charge in [-0.15, -0.1) is 0 Å². The van der Waals surface area contributed by atoms with Crippen LogP contribution in [0.4, 0.5) is 4.39 Å². The average Bonchev–Trinajstić information content (AvgIpc) is 2.38. The predicted octanol–water partition coefficient (Wildman–Crippen LogP) is 4.23. The number of benzene rings is 1. The molecule has 4 heteroatoms. The molecule has 0 amide bonds. The van der Waals surface area contributed by atoms with Gasteiger partial charge < -0.3 is 5.32 Å². The summed E-state index contributed by atoms with van der Waals surface area (Å²) in [5.74, 6) is -0.185. The highest BCUT2D eigenvalue weighted by Gasteiger charge is 2.33. The highest BCUT2D eigenvalue weighted by atomic mass is 79.9. The fourth-order valence-electron chi connectivity index (χ4n) is 3.04. The molecule has 21 heavy (non-hydrogen) atoms. The largest absolute Gasteiger partial charge is 0.312 e. The van der Waals surface area contributed by atoms with Crippen LogP contribution in [0.1, 0.15) is 40.2 Å². The first-order valence-corrected chi connectivity index (χ1v) is 8.57. The summed E-state index contributed by atoms with van der Waals surface area (Å²) in [6, 6.07) is 5.41. The molecular formula is C17H28BrFN2. The fraction of sp³-hybridized carbons (Fsp3) is 0.647. The van der Waals surface area contributed by atoms with E-state index in [1.165, 1.54) is 6.07 Å². The lowest BCUT2D eigenvalue weighted by molar-refractivity contribution is 0.0918. The Morgan fingerprint density at radius 1 is 1.19 bits per heavy atom. The minimum Gasteiger partial charge on any atom is -0.312 e. The molecule has 0 aliphatic carbocycles. The third kappa shape index (κ3) is 5.04. The van der Waals surface area contributed by atoms with Gasteiger partial charge in [0.25, 0.3) is 0 Å². The predicted molar refractivity (Wildman–Crippen MR) is 92.3 cm³/mol. The first kappa shape index (κ1) is 18.6. The molecule has 0 saturated heterocycles. The van der Waals surface area contributed by atoms with Gasteiger partial charge in [-0.1, -0.05) is 36.7 Å². The lowest BCUT2D eigenvalue weighted by Gasteiger charge is -2.44. The van der Waals surface area contributed by atoms with E-state index in [9.17, 15) is 4.39 Å². The Balaban J connectivity index is 3.00. The molecular weight excluding hydrogens is 331 g/mol. The monoisotopic (exact) mass is 358 g/mol. The Morgan fingerprint density at radius 2 is 1.81 bits per heavy atom. The first-order valence-electron chi connectivity index (χ1n) is 7.78. The molecule has 1 N–H and O–H groups in total. The highest BCUT2D eigenvalue weighted by Crippen LogP contribution is 2.24. The Kier molecular flexibility index (Phi) is 7.31. The number of nitrogens with zero attached hydrogens (tertiary/aromatic N) is 1. The van der Waals surface area contributed by atoms with Crippen molar-refractivity contribution < 1.29 is 4.39 Å². The van der Waals surface area contributed by atoms with Crippen LogP contribution in [0.3, 0.4) is 0 Å². The van der Waals surface area contributed by atoms with Crippen molar-refractivity contribution in [3.8, 4) is 0 Å². The van der Waals surface area contributed by atoms with E-state index in [1.54, 1.807) is 6.07 Å². The SMILES string of the molecule is CCNC(Cc1cc(F)cc(Br)c1)C(C)(C)N(CC)CC. The minimum atomic E-state index is -0.185. The van der Waals surface area contributed by atoms with E-state index >= 15 is 0 Å². The zero-order valence-corrected chi connectivity index (χ0v) is 15.4. The Labute approximate surface area is 137 Å². The molecule has 1 aromatic rings. The Hall–Kier alpha value is -0.450. The van der Waals surface area contributed by atoms with Gasteiger partial charge in [0.2, 0.25) is 0 Å². The van der Waals surface area contributed by atoms with E-state index < -0.39 is 0 Å². The van der Waals surface area contributed by atoms with Crippen molar-refractivity contribution in [2.24, 2.45) is 0 Å². The van der Waals surface area contributed by atoms with Crippen LogP contribution in [0.15, 0.2) is 22.7 Å². The molecule has 0 fully saturated rings. The molecule has 0 aliphatic rings. The highest BCUT2D eigenvalue weighted by molar-refractivity contribution is 9.10. The van der Waals surface area contributed by atoms with Crippen LogP contribution in [0, 0.1) is 5.82 Å². The summed E-state index contributed by atoms with van der Waals surface area (Å²) in [7, 11) is 0. The molecule has 0 heterocycles. The van der Waals surface area contributed by atoms with Gasteiger partial charge >= 0.3 is 0 Å². The lowest BCUT2D eigenvalue weighted by Crippen LogP contribution is -2.58. The van der Waals surface area contributed by atoms with Crippen molar-refractivity contribution in [2.45, 2.75) is 52.6 Å². The number of halogens is 2. The van der Waals surface area contributed by atoms with Gasteiger partial charge in [0.15, 0.2) is 0 Å². The number of nitrogens with one attached hydrogen (secondary N) is 1. The molecule has 0 aromatic heterocycles. The van der Waals surface area contributed by atoms with Gasteiger partial charge in [0.1, 0.15) is 5.82 Å². The third-order valence-corrected chi connectivity index (χ3v) is 4.70. The lowest BCUT2D eigenvalue weighted by atomic mass is 9.87. The van der Waals surface area contributed by atoms with Crippen molar-refractivity contribution >= 4 is 15.9 Å². The molecule has 0 spiro atoms. The summed E-state index contributed by atoms with van der Waals surface area (Å²) >= 11 is 3.38. The molecule has 0 bridgehead atoms.